The van der Waals surface area contributed by atoms with Crippen molar-refractivity contribution in [2.45, 2.75) is 19.4 Å². The number of aromatic nitrogens is 2. The summed E-state index contributed by atoms with van der Waals surface area (Å²) in [6, 6.07) is 10.2. The van der Waals surface area contributed by atoms with Crippen LogP contribution in [-0.4, -0.2) is 16.6 Å². The highest BCUT2D eigenvalue weighted by molar-refractivity contribution is 6.30. The Balaban J connectivity index is 1.91. The SMILES string of the molecule is Clc1nc(Cc2ccccc2)nc2c1COCC2. The van der Waals surface area contributed by atoms with E-state index in [-0.39, 0.29) is 0 Å². The smallest absolute Gasteiger partial charge is 0.138 e. The highest BCUT2D eigenvalue weighted by Crippen LogP contribution is 2.22. The van der Waals surface area contributed by atoms with Crippen LogP contribution >= 0.6 is 11.6 Å². The minimum absolute atomic E-state index is 0.528. The van der Waals surface area contributed by atoms with Crippen molar-refractivity contribution >= 4 is 11.6 Å². The lowest BCUT2D eigenvalue weighted by Gasteiger charge is -2.17. The molecule has 1 aromatic carbocycles. The largest absolute Gasteiger partial charge is 0.376 e. The molecule has 0 aliphatic carbocycles. The van der Waals surface area contributed by atoms with E-state index in [4.69, 9.17) is 16.3 Å². The molecule has 2 aromatic rings. The molecule has 0 fully saturated rings. The van der Waals surface area contributed by atoms with Gasteiger partial charge in [0.05, 0.1) is 18.9 Å². The summed E-state index contributed by atoms with van der Waals surface area (Å²) in [4.78, 5) is 8.95. The Hall–Kier alpha value is -1.45. The Bertz CT molecular complexity index is 557. The van der Waals surface area contributed by atoms with Crippen molar-refractivity contribution in [3.63, 3.8) is 0 Å². The zero-order valence-electron chi connectivity index (χ0n) is 9.90. The first kappa shape index (κ1) is 11.6. The average molecular weight is 261 g/mol. The molecule has 3 nitrogen and oxygen atoms in total. The molecule has 0 amide bonds. The van der Waals surface area contributed by atoms with E-state index in [1.54, 1.807) is 0 Å². The third-order valence-corrected chi connectivity index (χ3v) is 3.34. The molecule has 92 valence electrons. The quantitative estimate of drug-likeness (QED) is 0.779. The van der Waals surface area contributed by atoms with Crippen molar-refractivity contribution in [1.29, 1.82) is 0 Å². The fraction of sp³-hybridized carbons (Fsp3) is 0.286. The molecular weight excluding hydrogens is 248 g/mol. The first-order valence-electron chi connectivity index (χ1n) is 5.99. The summed E-state index contributed by atoms with van der Waals surface area (Å²) in [5.41, 5.74) is 3.17. The normalized spacial score (nSPS) is 14.3. The van der Waals surface area contributed by atoms with E-state index in [2.05, 4.69) is 22.1 Å². The summed E-state index contributed by atoms with van der Waals surface area (Å²) in [5, 5.41) is 0.533. The van der Waals surface area contributed by atoms with Crippen molar-refractivity contribution in [3.8, 4) is 0 Å². The molecule has 1 aliphatic rings. The van der Waals surface area contributed by atoms with Gasteiger partial charge in [0.25, 0.3) is 0 Å². The first-order valence-corrected chi connectivity index (χ1v) is 6.36. The van der Waals surface area contributed by atoms with E-state index < -0.39 is 0 Å². The van der Waals surface area contributed by atoms with E-state index in [1.807, 2.05) is 18.2 Å². The lowest BCUT2D eigenvalue weighted by Crippen LogP contribution is -2.15. The van der Waals surface area contributed by atoms with Crippen molar-refractivity contribution < 1.29 is 4.74 Å². The number of ether oxygens (including phenoxy) is 1. The number of halogens is 1. The Morgan fingerprint density at radius 1 is 1.17 bits per heavy atom. The molecule has 0 unspecified atom stereocenters. The summed E-state index contributed by atoms with van der Waals surface area (Å²) < 4.78 is 5.37. The van der Waals surface area contributed by atoms with Crippen LogP contribution in [0.4, 0.5) is 0 Å². The van der Waals surface area contributed by atoms with Gasteiger partial charge in [-0.05, 0) is 5.56 Å². The zero-order chi connectivity index (χ0) is 12.4. The summed E-state index contributed by atoms with van der Waals surface area (Å²) in [6.07, 6.45) is 1.54. The van der Waals surface area contributed by atoms with Gasteiger partial charge in [0.15, 0.2) is 0 Å². The lowest BCUT2D eigenvalue weighted by atomic mass is 10.1. The average Bonchev–Trinajstić information content (AvgIpc) is 2.40. The molecular formula is C14H13ClN2O. The second kappa shape index (κ2) is 5.04. The predicted octanol–water partition coefficient (Wildman–Crippen LogP) is 2.79. The number of nitrogens with zero attached hydrogens (tertiary/aromatic N) is 2. The van der Waals surface area contributed by atoms with Crippen molar-refractivity contribution in [2.75, 3.05) is 6.61 Å². The molecule has 0 atom stereocenters. The Kier molecular flexibility index (Phi) is 3.26. The Morgan fingerprint density at radius 3 is 2.83 bits per heavy atom. The molecule has 4 heteroatoms. The van der Waals surface area contributed by atoms with Crippen LogP contribution in [0.2, 0.25) is 5.15 Å². The van der Waals surface area contributed by atoms with E-state index >= 15 is 0 Å². The molecule has 2 heterocycles. The topological polar surface area (TPSA) is 35.0 Å². The van der Waals surface area contributed by atoms with Gasteiger partial charge in [-0.25, -0.2) is 9.97 Å². The van der Waals surface area contributed by atoms with Crippen LogP contribution in [0.5, 0.6) is 0 Å². The van der Waals surface area contributed by atoms with Gasteiger partial charge >= 0.3 is 0 Å². The second-order valence-corrected chi connectivity index (χ2v) is 4.68. The van der Waals surface area contributed by atoms with Gasteiger partial charge in [-0.2, -0.15) is 0 Å². The van der Waals surface area contributed by atoms with Crippen LogP contribution < -0.4 is 0 Å². The van der Waals surface area contributed by atoms with E-state index in [0.29, 0.717) is 24.8 Å². The van der Waals surface area contributed by atoms with Crippen LogP contribution in [0.25, 0.3) is 0 Å². The third kappa shape index (κ3) is 2.37. The summed E-state index contributed by atoms with van der Waals surface area (Å²) in [5.74, 6) is 0.784. The lowest BCUT2D eigenvalue weighted by molar-refractivity contribution is 0.109. The van der Waals surface area contributed by atoms with E-state index in [9.17, 15) is 0 Å². The van der Waals surface area contributed by atoms with Crippen molar-refractivity contribution in [3.05, 3.63) is 58.1 Å². The van der Waals surface area contributed by atoms with Gasteiger partial charge in [-0.15, -0.1) is 0 Å². The summed E-state index contributed by atoms with van der Waals surface area (Å²) in [7, 11) is 0. The fourth-order valence-corrected chi connectivity index (χ4v) is 2.36. The molecule has 0 saturated heterocycles. The maximum atomic E-state index is 6.18. The molecule has 18 heavy (non-hydrogen) atoms. The van der Waals surface area contributed by atoms with Gasteiger partial charge in [0, 0.05) is 18.4 Å². The minimum atomic E-state index is 0.528. The van der Waals surface area contributed by atoms with Gasteiger partial charge in [-0.3, -0.25) is 0 Å². The highest BCUT2D eigenvalue weighted by Gasteiger charge is 2.17. The minimum Gasteiger partial charge on any atom is -0.376 e. The van der Waals surface area contributed by atoms with Crippen LogP contribution in [0.15, 0.2) is 30.3 Å². The van der Waals surface area contributed by atoms with Gasteiger partial charge in [0.2, 0.25) is 0 Å². The number of hydrogen-bond donors (Lipinski definition) is 0. The fourth-order valence-electron chi connectivity index (χ4n) is 2.10. The Morgan fingerprint density at radius 2 is 2.00 bits per heavy atom. The van der Waals surface area contributed by atoms with Crippen LogP contribution in [0, 0.1) is 0 Å². The van der Waals surface area contributed by atoms with Gasteiger partial charge < -0.3 is 4.74 Å². The van der Waals surface area contributed by atoms with E-state index in [1.165, 1.54) is 5.56 Å². The third-order valence-electron chi connectivity index (χ3n) is 3.02. The molecule has 0 N–H and O–H groups in total. The molecule has 0 saturated carbocycles. The monoisotopic (exact) mass is 260 g/mol. The second-order valence-electron chi connectivity index (χ2n) is 4.32. The van der Waals surface area contributed by atoms with Crippen molar-refractivity contribution in [1.82, 2.24) is 9.97 Å². The van der Waals surface area contributed by atoms with Crippen LogP contribution in [0.1, 0.15) is 22.6 Å². The first-order chi connectivity index (χ1) is 8.83. The van der Waals surface area contributed by atoms with Gasteiger partial charge in [-0.1, -0.05) is 41.9 Å². The maximum Gasteiger partial charge on any atom is 0.138 e. The molecule has 1 aromatic heterocycles. The molecule has 1 aliphatic heterocycles. The Labute approximate surface area is 111 Å². The van der Waals surface area contributed by atoms with Crippen LogP contribution in [-0.2, 0) is 24.2 Å². The summed E-state index contributed by atoms with van der Waals surface area (Å²) >= 11 is 6.18. The highest BCUT2D eigenvalue weighted by atomic mass is 35.5. The number of benzene rings is 1. The predicted molar refractivity (Wildman–Crippen MR) is 69.7 cm³/mol. The molecule has 0 spiro atoms. The molecule has 0 bridgehead atoms. The number of hydrogen-bond acceptors (Lipinski definition) is 3. The maximum absolute atomic E-state index is 6.18. The van der Waals surface area contributed by atoms with Crippen molar-refractivity contribution in [2.24, 2.45) is 0 Å². The number of fused-ring (bicyclic) bond motifs is 1. The molecule has 0 radical (unpaired) electrons. The van der Waals surface area contributed by atoms with E-state index in [0.717, 1.165) is 23.5 Å². The standard InChI is InChI=1S/C14H13ClN2O/c15-14-11-9-18-7-6-12(11)16-13(17-14)8-10-4-2-1-3-5-10/h1-5H,6-9H2. The summed E-state index contributed by atoms with van der Waals surface area (Å²) in [6.45, 7) is 1.24. The van der Waals surface area contributed by atoms with Crippen LogP contribution in [0.3, 0.4) is 0 Å². The van der Waals surface area contributed by atoms with Gasteiger partial charge in [0.1, 0.15) is 11.0 Å². The zero-order valence-corrected chi connectivity index (χ0v) is 10.7. The number of rotatable bonds is 2. The molecule has 3 rings (SSSR count).